The van der Waals surface area contributed by atoms with E-state index in [0.717, 1.165) is 25.7 Å². The van der Waals surface area contributed by atoms with Crippen LogP contribution in [0, 0.1) is 30.5 Å². The summed E-state index contributed by atoms with van der Waals surface area (Å²) in [7, 11) is 0. The van der Waals surface area contributed by atoms with Gasteiger partial charge in [-0.2, -0.15) is 0 Å². The highest BCUT2D eigenvalue weighted by atomic mass is 19.1. The summed E-state index contributed by atoms with van der Waals surface area (Å²) in [5.41, 5.74) is 7.39. The monoisotopic (exact) mass is 290 g/mol. The first kappa shape index (κ1) is 14.5. The minimum absolute atomic E-state index is 0.0158. The fourth-order valence-corrected chi connectivity index (χ4v) is 3.92. The van der Waals surface area contributed by atoms with Gasteiger partial charge in [-0.3, -0.25) is 4.79 Å². The number of rotatable bonds is 2. The van der Waals surface area contributed by atoms with Gasteiger partial charge in [0.05, 0.1) is 0 Å². The lowest BCUT2D eigenvalue weighted by atomic mass is 9.65. The molecule has 1 aromatic rings. The number of carbonyl (C=O) groups excluding carboxylic acids is 1. The zero-order valence-corrected chi connectivity index (χ0v) is 12.4. The number of aryl methyl sites for hydroxylation is 1. The third-order valence-corrected chi connectivity index (χ3v) is 5.22. The number of benzene rings is 1. The van der Waals surface area contributed by atoms with Gasteiger partial charge < -0.3 is 11.1 Å². The Hall–Kier alpha value is -1.42. The lowest BCUT2D eigenvalue weighted by molar-refractivity contribution is -0.122. The Balaban J connectivity index is 1.67. The van der Waals surface area contributed by atoms with E-state index in [1.54, 1.807) is 19.1 Å². The first-order valence-electron chi connectivity index (χ1n) is 7.87. The molecule has 2 aliphatic carbocycles. The average Bonchev–Trinajstić information content (AvgIpc) is 2.42. The molecule has 21 heavy (non-hydrogen) atoms. The van der Waals surface area contributed by atoms with E-state index < -0.39 is 0 Å². The summed E-state index contributed by atoms with van der Waals surface area (Å²) >= 11 is 0. The Morgan fingerprint density at radius 3 is 2.57 bits per heavy atom. The van der Waals surface area contributed by atoms with Crippen molar-refractivity contribution in [3.05, 3.63) is 29.6 Å². The fourth-order valence-electron chi connectivity index (χ4n) is 3.92. The van der Waals surface area contributed by atoms with Crippen molar-refractivity contribution in [3.8, 4) is 0 Å². The molecule has 2 saturated carbocycles. The van der Waals surface area contributed by atoms with Gasteiger partial charge in [-0.25, -0.2) is 4.39 Å². The molecule has 2 fully saturated rings. The molecule has 2 atom stereocenters. The number of amides is 1. The van der Waals surface area contributed by atoms with Crippen molar-refractivity contribution in [3.63, 3.8) is 0 Å². The molecule has 1 amide bonds. The van der Waals surface area contributed by atoms with Crippen LogP contribution in [0.2, 0.25) is 0 Å². The first-order valence-corrected chi connectivity index (χ1v) is 7.87. The number of anilines is 1. The molecule has 3 nitrogen and oxygen atoms in total. The highest BCUT2D eigenvalue weighted by Gasteiger charge is 2.40. The van der Waals surface area contributed by atoms with Gasteiger partial charge in [0, 0.05) is 17.6 Å². The lowest BCUT2D eigenvalue weighted by Crippen LogP contribution is -2.48. The van der Waals surface area contributed by atoms with Crippen molar-refractivity contribution < 1.29 is 9.18 Å². The number of hydrogen-bond acceptors (Lipinski definition) is 2. The average molecular weight is 290 g/mol. The van der Waals surface area contributed by atoms with Crippen LogP contribution in [0.25, 0.3) is 0 Å². The highest BCUT2D eigenvalue weighted by molar-refractivity contribution is 5.92. The van der Waals surface area contributed by atoms with Crippen LogP contribution in [0.15, 0.2) is 18.2 Å². The molecular formula is C17H23FN2O. The van der Waals surface area contributed by atoms with Gasteiger partial charge >= 0.3 is 0 Å². The van der Waals surface area contributed by atoms with Gasteiger partial charge in [0.15, 0.2) is 0 Å². The predicted molar refractivity (Wildman–Crippen MR) is 81.3 cm³/mol. The van der Waals surface area contributed by atoms with Gasteiger partial charge in [0.1, 0.15) is 5.82 Å². The summed E-state index contributed by atoms with van der Waals surface area (Å²) in [4.78, 5) is 12.4. The number of nitrogens with two attached hydrogens (primary N) is 1. The molecular weight excluding hydrogens is 267 g/mol. The Morgan fingerprint density at radius 2 is 1.95 bits per heavy atom. The zero-order chi connectivity index (χ0) is 15.0. The van der Waals surface area contributed by atoms with Crippen LogP contribution in [0.1, 0.15) is 37.7 Å². The molecule has 3 rings (SSSR count). The van der Waals surface area contributed by atoms with Gasteiger partial charge in [-0.15, -0.1) is 0 Å². The molecule has 0 radical (unpaired) electrons. The maximum absolute atomic E-state index is 13.5. The van der Waals surface area contributed by atoms with Crippen molar-refractivity contribution in [1.82, 2.24) is 0 Å². The second-order valence-corrected chi connectivity index (χ2v) is 6.65. The predicted octanol–water partition coefficient (Wildman–Crippen LogP) is 3.23. The maximum Gasteiger partial charge on any atom is 0.227 e. The van der Waals surface area contributed by atoms with E-state index >= 15 is 0 Å². The van der Waals surface area contributed by atoms with E-state index in [1.165, 1.54) is 12.5 Å². The first-order chi connectivity index (χ1) is 10.0. The van der Waals surface area contributed by atoms with Gasteiger partial charge in [0.25, 0.3) is 0 Å². The Morgan fingerprint density at radius 1 is 1.29 bits per heavy atom. The Labute approximate surface area is 125 Å². The van der Waals surface area contributed by atoms with E-state index in [9.17, 15) is 9.18 Å². The molecule has 0 spiro atoms. The number of nitrogens with one attached hydrogen (secondary N) is 1. The SMILES string of the molecule is Cc1ccc(NC(=O)C2CC3CCCC(C2)C3N)cc1F. The van der Waals surface area contributed by atoms with Crippen LogP contribution >= 0.6 is 0 Å². The third kappa shape index (κ3) is 2.95. The summed E-state index contributed by atoms with van der Waals surface area (Å²) in [5, 5.41) is 2.86. The van der Waals surface area contributed by atoms with Crippen molar-refractivity contribution in [2.45, 2.75) is 45.1 Å². The molecule has 2 bridgehead atoms. The Bertz CT molecular complexity index is 532. The van der Waals surface area contributed by atoms with E-state index in [1.807, 2.05) is 0 Å². The number of carbonyl (C=O) groups is 1. The summed E-state index contributed by atoms with van der Waals surface area (Å²) in [6, 6.07) is 5.10. The van der Waals surface area contributed by atoms with Crippen molar-refractivity contribution in [2.75, 3.05) is 5.32 Å². The van der Waals surface area contributed by atoms with Gasteiger partial charge in [-0.05, 0) is 62.1 Å². The standard InChI is InChI=1S/C17H23FN2O/c1-10-5-6-14(9-15(10)18)20-17(21)13-7-11-3-2-4-12(8-13)16(11)19/h5-6,9,11-13,16H,2-4,7-8,19H2,1H3,(H,20,21). The molecule has 0 aromatic heterocycles. The third-order valence-electron chi connectivity index (χ3n) is 5.22. The zero-order valence-electron chi connectivity index (χ0n) is 12.4. The molecule has 0 saturated heterocycles. The topological polar surface area (TPSA) is 55.1 Å². The summed E-state index contributed by atoms with van der Waals surface area (Å²) in [5.74, 6) is 0.702. The molecule has 1 aromatic carbocycles. The fraction of sp³-hybridized carbons (Fsp3) is 0.588. The largest absolute Gasteiger partial charge is 0.327 e. The van der Waals surface area contributed by atoms with Gasteiger partial charge in [0.2, 0.25) is 5.91 Å². The number of halogens is 1. The normalized spacial score (nSPS) is 31.8. The van der Waals surface area contributed by atoms with Crippen molar-refractivity contribution >= 4 is 11.6 Å². The minimum Gasteiger partial charge on any atom is -0.327 e. The minimum atomic E-state index is -0.282. The molecule has 3 N–H and O–H groups in total. The van der Waals surface area contributed by atoms with Crippen molar-refractivity contribution in [1.29, 1.82) is 0 Å². The highest BCUT2D eigenvalue weighted by Crippen LogP contribution is 2.42. The molecule has 0 aliphatic heterocycles. The summed E-state index contributed by atoms with van der Waals surface area (Å²) in [6.45, 7) is 1.71. The van der Waals surface area contributed by atoms with Gasteiger partial charge in [-0.1, -0.05) is 12.5 Å². The number of hydrogen-bond donors (Lipinski definition) is 2. The van der Waals surface area contributed by atoms with Crippen LogP contribution in [-0.4, -0.2) is 11.9 Å². The Kier molecular flexibility index (Phi) is 3.98. The van der Waals surface area contributed by atoms with E-state index in [4.69, 9.17) is 5.73 Å². The lowest BCUT2D eigenvalue weighted by Gasteiger charge is -2.43. The second-order valence-electron chi connectivity index (χ2n) is 6.65. The van der Waals surface area contributed by atoms with E-state index in [2.05, 4.69) is 5.32 Å². The van der Waals surface area contributed by atoms with Crippen molar-refractivity contribution in [2.24, 2.45) is 23.5 Å². The molecule has 4 heteroatoms. The molecule has 114 valence electrons. The second kappa shape index (κ2) is 5.76. The quantitative estimate of drug-likeness (QED) is 0.878. The molecule has 0 heterocycles. The summed E-state index contributed by atoms with van der Waals surface area (Å²) < 4.78 is 13.5. The molecule has 2 unspecified atom stereocenters. The number of fused-ring (bicyclic) bond motifs is 2. The van der Waals surface area contributed by atoms with Crippen LogP contribution in [0.4, 0.5) is 10.1 Å². The van der Waals surface area contributed by atoms with Crippen LogP contribution in [0.5, 0.6) is 0 Å². The molecule has 2 aliphatic rings. The van der Waals surface area contributed by atoms with Crippen LogP contribution in [-0.2, 0) is 4.79 Å². The smallest absolute Gasteiger partial charge is 0.227 e. The maximum atomic E-state index is 13.5. The van der Waals surface area contributed by atoms with Crippen LogP contribution < -0.4 is 11.1 Å². The summed E-state index contributed by atoms with van der Waals surface area (Å²) in [6.07, 6.45) is 5.26. The van der Waals surface area contributed by atoms with E-state index in [-0.39, 0.29) is 23.7 Å². The van der Waals surface area contributed by atoms with Crippen LogP contribution in [0.3, 0.4) is 0 Å². The van der Waals surface area contributed by atoms with E-state index in [0.29, 0.717) is 23.1 Å².